The third kappa shape index (κ3) is 3.85. The van der Waals surface area contributed by atoms with Crippen LogP contribution in [0.25, 0.3) is 11.3 Å². The summed E-state index contributed by atoms with van der Waals surface area (Å²) in [4.78, 5) is 21.5. The zero-order valence-electron chi connectivity index (χ0n) is 17.1. The lowest BCUT2D eigenvalue weighted by Gasteiger charge is -2.29. The van der Waals surface area contributed by atoms with Gasteiger partial charge in [-0.15, -0.1) is 0 Å². The highest BCUT2D eigenvalue weighted by Gasteiger charge is 2.30. The monoisotopic (exact) mass is 393 g/mol. The molecule has 3 heterocycles. The molecule has 0 spiro atoms. The minimum Gasteiger partial charge on any atom is -0.378 e. The number of aromatic nitrogens is 2. The molecule has 29 heavy (non-hydrogen) atoms. The van der Waals surface area contributed by atoms with E-state index < -0.39 is 0 Å². The maximum atomic E-state index is 12.9. The molecule has 0 N–H and O–H groups in total. The molecule has 0 unspecified atom stereocenters. The first-order chi connectivity index (χ1) is 14.1. The summed E-state index contributed by atoms with van der Waals surface area (Å²) in [7, 11) is 0. The van der Waals surface area contributed by atoms with Gasteiger partial charge in [0.2, 0.25) is 5.82 Å². The molecule has 1 aromatic carbocycles. The number of hydrogen-bond acceptors (Lipinski definition) is 5. The van der Waals surface area contributed by atoms with Gasteiger partial charge in [-0.3, -0.25) is 4.79 Å². The topological polar surface area (TPSA) is 74.4 Å². The van der Waals surface area contributed by atoms with Gasteiger partial charge in [-0.1, -0.05) is 26.0 Å². The Kier molecular flexibility index (Phi) is 5.54. The van der Waals surface area contributed by atoms with Gasteiger partial charge < -0.3 is 19.1 Å². The summed E-state index contributed by atoms with van der Waals surface area (Å²) in [6, 6.07) is 10.4. The van der Waals surface area contributed by atoms with Crippen LogP contribution in [0.5, 0.6) is 0 Å². The quantitative estimate of drug-likeness (QED) is 0.781. The van der Waals surface area contributed by atoms with Crippen molar-refractivity contribution >= 4 is 11.6 Å². The molecule has 0 bridgehead atoms. The summed E-state index contributed by atoms with van der Waals surface area (Å²) in [6.45, 7) is 9.60. The highest BCUT2D eigenvalue weighted by atomic mass is 16.5. The van der Waals surface area contributed by atoms with E-state index in [1.165, 1.54) is 0 Å². The summed E-state index contributed by atoms with van der Waals surface area (Å²) in [5.74, 6) is 0.841. The Bertz CT molecular complexity index is 920. The molecule has 2 aromatic rings. The normalized spacial score (nSPS) is 16.8. The third-order valence-electron chi connectivity index (χ3n) is 5.64. The summed E-state index contributed by atoms with van der Waals surface area (Å²) in [6.07, 6.45) is 0.966. The predicted molar refractivity (Wildman–Crippen MR) is 111 cm³/mol. The highest BCUT2D eigenvalue weighted by Crippen LogP contribution is 2.30. The summed E-state index contributed by atoms with van der Waals surface area (Å²) in [5.41, 5.74) is 3.12. The Labute approximate surface area is 171 Å². The van der Waals surface area contributed by atoms with E-state index in [4.69, 9.17) is 4.74 Å². The average molecular weight is 393 g/mol. The van der Waals surface area contributed by atoms with Gasteiger partial charge in [0, 0.05) is 44.0 Å². The van der Waals surface area contributed by atoms with E-state index in [2.05, 4.69) is 41.9 Å². The molecule has 4 rings (SSSR count). The van der Waals surface area contributed by atoms with Crippen molar-refractivity contribution in [3.05, 3.63) is 35.8 Å². The summed E-state index contributed by atoms with van der Waals surface area (Å²) >= 11 is 0. The fourth-order valence-electron chi connectivity index (χ4n) is 3.95. The van der Waals surface area contributed by atoms with Crippen molar-refractivity contribution in [3.8, 4) is 17.3 Å². The van der Waals surface area contributed by atoms with Crippen molar-refractivity contribution in [1.29, 1.82) is 5.26 Å². The molecule has 0 saturated carbocycles. The lowest BCUT2D eigenvalue weighted by Crippen LogP contribution is -2.41. The Morgan fingerprint density at radius 3 is 2.52 bits per heavy atom. The number of imidazole rings is 1. The van der Waals surface area contributed by atoms with Crippen LogP contribution in [0.3, 0.4) is 0 Å². The van der Waals surface area contributed by atoms with Gasteiger partial charge in [0.1, 0.15) is 6.07 Å². The minimum absolute atomic E-state index is 0.0791. The number of nitriles is 1. The second-order valence-electron chi connectivity index (χ2n) is 8.02. The second kappa shape index (κ2) is 8.26. The summed E-state index contributed by atoms with van der Waals surface area (Å²) in [5, 5.41) is 9.64. The molecule has 0 radical (unpaired) electrons. The van der Waals surface area contributed by atoms with Crippen LogP contribution in [0, 0.1) is 17.2 Å². The highest BCUT2D eigenvalue weighted by molar-refractivity contribution is 5.93. The number of hydrogen-bond donors (Lipinski definition) is 0. The zero-order chi connectivity index (χ0) is 20.4. The predicted octanol–water partition coefficient (Wildman–Crippen LogP) is 2.76. The van der Waals surface area contributed by atoms with E-state index in [9.17, 15) is 10.1 Å². The maximum absolute atomic E-state index is 12.9. The number of rotatable bonds is 5. The number of ether oxygens (including phenoxy) is 1. The molecule has 2 aliphatic heterocycles. The molecular weight excluding hydrogens is 366 g/mol. The van der Waals surface area contributed by atoms with Gasteiger partial charge in [0.15, 0.2) is 5.69 Å². The molecule has 1 aromatic heterocycles. The number of morpholine rings is 1. The fourth-order valence-corrected chi connectivity index (χ4v) is 3.95. The Morgan fingerprint density at radius 1 is 1.14 bits per heavy atom. The number of anilines is 1. The molecular formula is C22H27N5O2. The van der Waals surface area contributed by atoms with Crippen LogP contribution in [0.4, 0.5) is 5.69 Å². The van der Waals surface area contributed by atoms with Crippen LogP contribution >= 0.6 is 0 Å². The van der Waals surface area contributed by atoms with Crippen LogP contribution in [0.15, 0.2) is 24.3 Å². The molecule has 0 atom stereocenters. The molecule has 1 fully saturated rings. The largest absolute Gasteiger partial charge is 0.378 e. The van der Waals surface area contributed by atoms with Crippen molar-refractivity contribution in [2.24, 2.45) is 5.92 Å². The number of carbonyl (C=O) groups is 1. The smallest absolute Gasteiger partial charge is 0.289 e. The van der Waals surface area contributed by atoms with E-state index in [1.54, 1.807) is 0 Å². The van der Waals surface area contributed by atoms with Crippen molar-refractivity contribution in [2.45, 2.75) is 26.8 Å². The van der Waals surface area contributed by atoms with E-state index in [0.717, 1.165) is 56.2 Å². The molecule has 1 amide bonds. The number of nitrogens with zero attached hydrogens (tertiary/aromatic N) is 5. The SMILES string of the molecule is CC(C)CCN1CCn2c(nc(C#N)c2-c2ccc(N3CCOCC3)cc2)C1=O. The lowest BCUT2D eigenvalue weighted by atomic mass is 10.1. The van der Waals surface area contributed by atoms with Gasteiger partial charge in [-0.25, -0.2) is 4.98 Å². The van der Waals surface area contributed by atoms with Crippen LogP contribution in [-0.2, 0) is 11.3 Å². The fraction of sp³-hybridized carbons (Fsp3) is 0.500. The van der Waals surface area contributed by atoms with Gasteiger partial charge in [-0.05, 0) is 24.5 Å². The van der Waals surface area contributed by atoms with Crippen LogP contribution < -0.4 is 4.90 Å². The Balaban J connectivity index is 1.61. The first kappa shape index (κ1) is 19.5. The van der Waals surface area contributed by atoms with E-state index >= 15 is 0 Å². The zero-order valence-corrected chi connectivity index (χ0v) is 17.1. The molecule has 2 aliphatic rings. The van der Waals surface area contributed by atoms with Gasteiger partial charge in [0.25, 0.3) is 5.91 Å². The molecule has 1 saturated heterocycles. The second-order valence-corrected chi connectivity index (χ2v) is 8.02. The Morgan fingerprint density at radius 2 is 1.86 bits per heavy atom. The number of amides is 1. The van der Waals surface area contributed by atoms with Crippen LogP contribution in [-0.4, -0.2) is 59.8 Å². The van der Waals surface area contributed by atoms with Crippen molar-refractivity contribution in [2.75, 3.05) is 44.3 Å². The van der Waals surface area contributed by atoms with E-state index in [1.807, 2.05) is 21.6 Å². The van der Waals surface area contributed by atoms with Crippen molar-refractivity contribution < 1.29 is 9.53 Å². The third-order valence-corrected chi connectivity index (χ3v) is 5.64. The van der Waals surface area contributed by atoms with Crippen LogP contribution in [0.1, 0.15) is 36.6 Å². The number of carbonyl (C=O) groups excluding carboxylic acids is 1. The lowest BCUT2D eigenvalue weighted by molar-refractivity contribution is 0.0690. The average Bonchev–Trinajstić information content (AvgIpc) is 3.13. The Hall–Kier alpha value is -2.85. The first-order valence-electron chi connectivity index (χ1n) is 10.3. The number of benzene rings is 1. The van der Waals surface area contributed by atoms with Gasteiger partial charge in [0.05, 0.1) is 18.9 Å². The molecule has 7 heteroatoms. The molecule has 152 valence electrons. The van der Waals surface area contributed by atoms with Crippen LogP contribution in [0.2, 0.25) is 0 Å². The van der Waals surface area contributed by atoms with Crippen molar-refractivity contribution in [3.63, 3.8) is 0 Å². The standard InChI is InChI=1S/C22H27N5O2/c1-16(2)7-8-26-9-10-27-20(19(15-23)24-21(27)22(26)28)17-3-5-18(6-4-17)25-11-13-29-14-12-25/h3-6,16H,7-14H2,1-2H3. The number of fused-ring (bicyclic) bond motifs is 1. The molecule has 0 aliphatic carbocycles. The van der Waals surface area contributed by atoms with Crippen molar-refractivity contribution in [1.82, 2.24) is 14.5 Å². The van der Waals surface area contributed by atoms with E-state index in [-0.39, 0.29) is 5.91 Å². The van der Waals surface area contributed by atoms with E-state index in [0.29, 0.717) is 30.5 Å². The first-order valence-corrected chi connectivity index (χ1v) is 10.3. The van der Waals surface area contributed by atoms with Gasteiger partial charge in [-0.2, -0.15) is 5.26 Å². The van der Waals surface area contributed by atoms with Gasteiger partial charge >= 0.3 is 0 Å². The minimum atomic E-state index is -0.0791. The maximum Gasteiger partial charge on any atom is 0.289 e. The summed E-state index contributed by atoms with van der Waals surface area (Å²) < 4.78 is 7.33. The molecule has 7 nitrogen and oxygen atoms in total.